The Balaban J connectivity index is 0.578. The molecule has 0 spiro atoms. The summed E-state index contributed by atoms with van der Waals surface area (Å²) in [6.45, 7) is 0. The van der Waals surface area contributed by atoms with E-state index < -0.39 is 0 Å². The van der Waals surface area contributed by atoms with Crippen molar-refractivity contribution in [2.45, 2.75) is 0 Å². The molecule has 11 heteroatoms. The van der Waals surface area contributed by atoms with Crippen LogP contribution in [0.15, 0.2) is 415 Å². The molecule has 0 atom stereocenters. The Morgan fingerprint density at radius 3 is 1.19 bits per heavy atom. The number of aromatic nitrogens is 9. The number of hydrogen-bond donors (Lipinski definition) is 0. The fraction of sp³-hybridized carbons (Fsp3) is 0. The summed E-state index contributed by atoms with van der Waals surface area (Å²) < 4.78 is 21.2. The van der Waals surface area contributed by atoms with E-state index in [0.717, 1.165) is 155 Å². The fourth-order valence-electron chi connectivity index (χ4n) is 18.8. The first-order valence-corrected chi connectivity index (χ1v) is 41.4. The van der Waals surface area contributed by atoms with Crippen LogP contribution in [0.3, 0.4) is 0 Å². The van der Waals surface area contributed by atoms with Crippen LogP contribution in [0.4, 0.5) is 0 Å². The van der Waals surface area contributed by atoms with Gasteiger partial charge in [-0.05, 0) is 165 Å². The summed E-state index contributed by atoms with van der Waals surface area (Å²) in [6.07, 6.45) is 0. The van der Waals surface area contributed by atoms with E-state index in [4.69, 9.17) is 38.7 Å². The summed E-state index contributed by atoms with van der Waals surface area (Å²) in [4.78, 5) is 31.6. The minimum atomic E-state index is 0.530. The molecule has 18 aromatic carbocycles. The van der Waals surface area contributed by atoms with E-state index in [1.54, 1.807) is 0 Å². The Bertz CT molecular complexity index is 8540. The lowest BCUT2D eigenvalue weighted by Crippen LogP contribution is -2.00. The summed E-state index contributed by atoms with van der Waals surface area (Å²) in [5.74, 6) is 3.37. The lowest BCUT2D eigenvalue weighted by Gasteiger charge is -2.12. The maximum atomic E-state index is 7.29. The van der Waals surface area contributed by atoms with Crippen LogP contribution in [-0.2, 0) is 0 Å². The fourth-order valence-corrected chi connectivity index (χ4v) is 18.8. The SMILES string of the molecule is c1ccc(-c2nc(-c3ccc(-c4cccc5oc6ccc(-n7c8ccccc8c8cc(-c9cccc%10ccccc9%10)ccc87)cc6c45)cc3)nc(-c3cccc(-c4ccc(-c5ccc(-c6nc(-c7ccccc7)nc(-c7ccccc7)n6)c6c5oc5ccc(-n7c8ccccc8c8cc9c%10ccccc%10n(-c%10ccccc%10)c9cc87)cc56)cc4)c3)n2)cc1. The van der Waals surface area contributed by atoms with E-state index in [1.807, 2.05) is 91.0 Å². The maximum absolute atomic E-state index is 7.29. The Morgan fingerprint density at radius 1 is 0.171 bits per heavy atom. The monoisotopic (exact) mass is 1570 g/mol. The number of nitrogens with zero attached hydrogens (tertiary/aromatic N) is 9. The number of rotatable bonds is 13. The number of benzene rings is 18. The third-order valence-corrected chi connectivity index (χ3v) is 24.6. The van der Waals surface area contributed by atoms with Gasteiger partial charge in [-0.25, -0.2) is 29.9 Å². The molecule has 0 saturated heterocycles. The van der Waals surface area contributed by atoms with Gasteiger partial charge in [0.25, 0.3) is 0 Å². The molecule has 0 fully saturated rings. The number of para-hydroxylation sites is 4. The second-order valence-corrected chi connectivity index (χ2v) is 31.6. The van der Waals surface area contributed by atoms with Crippen molar-refractivity contribution in [3.63, 3.8) is 0 Å². The van der Waals surface area contributed by atoms with Crippen molar-refractivity contribution in [2.24, 2.45) is 0 Å². The zero-order valence-electron chi connectivity index (χ0n) is 66.0. The molecule has 0 N–H and O–H groups in total. The van der Waals surface area contributed by atoms with E-state index in [9.17, 15) is 0 Å². The van der Waals surface area contributed by atoms with Crippen LogP contribution in [0.2, 0.25) is 0 Å². The predicted octanol–water partition coefficient (Wildman–Crippen LogP) is 29.0. The second-order valence-electron chi connectivity index (χ2n) is 31.6. The lowest BCUT2D eigenvalue weighted by atomic mass is 9.95. The van der Waals surface area contributed by atoms with Crippen LogP contribution in [0, 0.1) is 0 Å². The third kappa shape index (κ3) is 11.4. The van der Waals surface area contributed by atoms with Crippen LogP contribution in [0.1, 0.15) is 0 Å². The molecule has 572 valence electrons. The Labute approximate surface area is 704 Å². The molecule has 0 aliphatic rings. The van der Waals surface area contributed by atoms with Gasteiger partial charge in [-0.2, -0.15) is 0 Å². The number of fused-ring (bicyclic) bond motifs is 16. The van der Waals surface area contributed by atoms with E-state index >= 15 is 0 Å². The predicted molar refractivity (Wildman–Crippen MR) is 503 cm³/mol. The molecule has 0 aliphatic carbocycles. The quantitative estimate of drug-likeness (QED) is 0.112. The molecule has 0 radical (unpaired) electrons. The van der Waals surface area contributed by atoms with E-state index in [2.05, 4.69) is 329 Å². The normalized spacial score (nSPS) is 11.9. The van der Waals surface area contributed by atoms with E-state index in [1.165, 1.54) is 54.2 Å². The highest BCUT2D eigenvalue weighted by Gasteiger charge is 2.26. The standard InChI is InChI=1S/C112H67N9O2/c1-5-25-72(26-6-1)107-113-110(75-52-50-70(51-53-75)84-41-23-45-103-104(84)93-64-80(55-60-101(93)122-103)120-96-43-19-15-37-86(96)90-63-77(54-59-98(90)120)83-40-22-31-69-24-13-14-36-82(69)83)116-111(115-107)78-33-21-32-76(62-78)68-46-48-71(49-47-68)85-57-58-89(112-117-108(73-27-7-2-8-28-73)114-109(118-112)74-29-9-3-10-30-74)105-94-65-81(56-61-102(94)123-106(85)105)121-97-44-20-17-39-88(97)92-66-91-87-38-16-18-42-95(87)119(99(91)67-100(92)121)79-34-11-4-12-35-79/h1-67H. The molecular formula is C112H67N9O2. The van der Waals surface area contributed by atoms with Crippen LogP contribution in [-0.4, -0.2) is 43.6 Å². The Hall–Kier alpha value is -16.8. The minimum Gasteiger partial charge on any atom is -0.456 e. The average Bonchev–Trinajstić information content (AvgIpc) is 1.56. The molecule has 0 amide bonds. The second kappa shape index (κ2) is 28.0. The van der Waals surface area contributed by atoms with Crippen LogP contribution in [0.5, 0.6) is 0 Å². The maximum Gasteiger partial charge on any atom is 0.164 e. The van der Waals surface area contributed by atoms with Crippen LogP contribution in [0.25, 0.3) is 250 Å². The highest BCUT2D eigenvalue weighted by Crippen LogP contribution is 2.48. The lowest BCUT2D eigenvalue weighted by molar-refractivity contribution is 0.669. The smallest absolute Gasteiger partial charge is 0.164 e. The summed E-state index contributed by atoms with van der Waals surface area (Å²) in [5, 5.41) is 13.5. The van der Waals surface area contributed by atoms with Gasteiger partial charge in [0.1, 0.15) is 22.3 Å². The molecule has 7 heterocycles. The van der Waals surface area contributed by atoms with Crippen molar-refractivity contribution >= 4 is 120 Å². The van der Waals surface area contributed by atoms with E-state index in [-0.39, 0.29) is 0 Å². The van der Waals surface area contributed by atoms with Gasteiger partial charge in [-0.3, -0.25) is 0 Å². The van der Waals surface area contributed by atoms with Crippen molar-refractivity contribution in [3.05, 3.63) is 406 Å². The van der Waals surface area contributed by atoms with Gasteiger partial charge in [0.15, 0.2) is 34.9 Å². The van der Waals surface area contributed by atoms with Crippen molar-refractivity contribution in [3.8, 4) is 130 Å². The molecule has 25 rings (SSSR count). The highest BCUT2D eigenvalue weighted by molar-refractivity contribution is 6.21. The third-order valence-electron chi connectivity index (χ3n) is 24.6. The molecule has 0 bridgehead atoms. The molecule has 0 unspecified atom stereocenters. The zero-order valence-corrected chi connectivity index (χ0v) is 66.0. The van der Waals surface area contributed by atoms with Gasteiger partial charge in [0, 0.05) is 110 Å². The number of furan rings is 2. The van der Waals surface area contributed by atoms with Crippen molar-refractivity contribution < 1.29 is 8.83 Å². The van der Waals surface area contributed by atoms with Gasteiger partial charge < -0.3 is 22.5 Å². The summed E-state index contributed by atoms with van der Waals surface area (Å²) in [7, 11) is 0. The highest BCUT2D eigenvalue weighted by atomic mass is 16.3. The molecule has 25 aromatic rings. The largest absolute Gasteiger partial charge is 0.456 e. The van der Waals surface area contributed by atoms with Gasteiger partial charge in [0.2, 0.25) is 0 Å². The van der Waals surface area contributed by atoms with Gasteiger partial charge >= 0.3 is 0 Å². The van der Waals surface area contributed by atoms with E-state index in [0.29, 0.717) is 40.5 Å². The molecule has 0 aliphatic heterocycles. The number of hydrogen-bond acceptors (Lipinski definition) is 8. The van der Waals surface area contributed by atoms with Crippen LogP contribution >= 0.6 is 0 Å². The molecule has 7 aromatic heterocycles. The average molecular weight is 1570 g/mol. The molecule has 11 nitrogen and oxygen atoms in total. The Morgan fingerprint density at radius 2 is 0.577 bits per heavy atom. The van der Waals surface area contributed by atoms with Crippen molar-refractivity contribution in [1.82, 2.24) is 43.6 Å². The molecular weight excluding hydrogens is 1500 g/mol. The first kappa shape index (κ1) is 69.4. The van der Waals surface area contributed by atoms with Crippen molar-refractivity contribution in [2.75, 3.05) is 0 Å². The zero-order chi connectivity index (χ0) is 80.7. The van der Waals surface area contributed by atoms with Gasteiger partial charge in [-0.15, -0.1) is 0 Å². The van der Waals surface area contributed by atoms with Crippen LogP contribution < -0.4 is 0 Å². The molecule has 123 heavy (non-hydrogen) atoms. The summed E-state index contributed by atoms with van der Waals surface area (Å²) in [5.41, 5.74) is 26.6. The topological polar surface area (TPSA) is 118 Å². The van der Waals surface area contributed by atoms with Crippen molar-refractivity contribution in [1.29, 1.82) is 0 Å². The Kier molecular flexibility index (Phi) is 15.8. The van der Waals surface area contributed by atoms with Gasteiger partial charge in [-0.1, -0.05) is 291 Å². The van der Waals surface area contributed by atoms with Gasteiger partial charge in [0.05, 0.1) is 33.1 Å². The first-order chi connectivity index (χ1) is 60.9. The minimum absolute atomic E-state index is 0.530. The summed E-state index contributed by atoms with van der Waals surface area (Å²) in [6, 6.07) is 144. The summed E-state index contributed by atoms with van der Waals surface area (Å²) >= 11 is 0. The molecule has 0 saturated carbocycles. The first-order valence-electron chi connectivity index (χ1n) is 41.4.